The van der Waals surface area contributed by atoms with Gasteiger partial charge in [0.1, 0.15) is 0 Å². The lowest BCUT2D eigenvalue weighted by molar-refractivity contribution is -0.147. The van der Waals surface area contributed by atoms with E-state index in [0.29, 0.717) is 25.9 Å². The molecule has 0 spiro atoms. The van der Waals surface area contributed by atoms with Crippen molar-refractivity contribution in [3.63, 3.8) is 0 Å². The lowest BCUT2D eigenvalue weighted by Crippen LogP contribution is -2.48. The van der Waals surface area contributed by atoms with Gasteiger partial charge in [0.25, 0.3) is 5.91 Å². The van der Waals surface area contributed by atoms with Crippen LogP contribution in [0, 0.1) is 5.92 Å². The first-order chi connectivity index (χ1) is 14.0. The smallest absolute Gasteiger partial charge is 0.411 e. The molecule has 2 amide bonds. The van der Waals surface area contributed by atoms with Gasteiger partial charge < -0.3 is 24.5 Å². The fraction of sp³-hybridized carbons (Fsp3) is 0.600. The zero-order valence-electron chi connectivity index (χ0n) is 16.3. The molecule has 3 saturated heterocycles. The number of piperidine rings is 2. The van der Waals surface area contributed by atoms with Gasteiger partial charge >= 0.3 is 12.1 Å². The number of nitrogens with zero attached hydrogens (tertiary/aromatic N) is 4. The van der Waals surface area contributed by atoms with E-state index >= 15 is 0 Å². The molecule has 4 rings (SSSR count). The Morgan fingerprint density at radius 1 is 1.03 bits per heavy atom. The number of amides is 2. The molecule has 3 aliphatic rings. The number of hydrogen-bond donors (Lipinski definition) is 1. The molecular formula is C20H26N4O5. The Kier molecular flexibility index (Phi) is 5.55. The number of rotatable bonds is 4. The van der Waals surface area contributed by atoms with Crippen molar-refractivity contribution in [2.24, 2.45) is 5.92 Å². The molecule has 3 fully saturated rings. The van der Waals surface area contributed by atoms with Gasteiger partial charge in [-0.3, -0.25) is 14.6 Å². The fourth-order valence-electron chi connectivity index (χ4n) is 4.45. The second kappa shape index (κ2) is 8.26. The van der Waals surface area contributed by atoms with Gasteiger partial charge in [0, 0.05) is 50.3 Å². The number of likely N-dealkylation sites (tertiary alicyclic amines) is 1. The van der Waals surface area contributed by atoms with Crippen LogP contribution in [0.25, 0.3) is 0 Å². The number of carboxylic acid groups (broad SMARTS) is 1. The molecule has 1 aromatic rings. The Hall–Kier alpha value is -2.84. The summed E-state index contributed by atoms with van der Waals surface area (Å²) in [7, 11) is 0. The first-order valence-electron chi connectivity index (χ1n) is 10.2. The van der Waals surface area contributed by atoms with Crippen LogP contribution in [0.5, 0.6) is 0 Å². The summed E-state index contributed by atoms with van der Waals surface area (Å²) in [5.74, 6) is -1.42. The molecule has 0 saturated carbocycles. The summed E-state index contributed by atoms with van der Waals surface area (Å²) in [4.78, 5) is 45.9. The second-order valence-electron chi connectivity index (χ2n) is 7.89. The first kappa shape index (κ1) is 19.5. The highest BCUT2D eigenvalue weighted by Gasteiger charge is 2.42. The summed E-state index contributed by atoms with van der Waals surface area (Å²) in [5, 5.41) is 9.09. The Balaban J connectivity index is 1.29. The van der Waals surface area contributed by atoms with Gasteiger partial charge in [-0.1, -0.05) is 0 Å². The van der Waals surface area contributed by atoms with Crippen LogP contribution in [0.4, 0.5) is 10.5 Å². The predicted molar refractivity (Wildman–Crippen MR) is 103 cm³/mol. The van der Waals surface area contributed by atoms with Crippen molar-refractivity contribution in [3.8, 4) is 0 Å². The molecule has 29 heavy (non-hydrogen) atoms. The number of carbonyl (C=O) groups is 3. The van der Waals surface area contributed by atoms with E-state index in [0.717, 1.165) is 31.6 Å². The maximum Gasteiger partial charge on any atom is 0.411 e. The van der Waals surface area contributed by atoms with Crippen LogP contribution in [0.3, 0.4) is 0 Å². The summed E-state index contributed by atoms with van der Waals surface area (Å²) < 4.78 is 5.39. The summed E-state index contributed by atoms with van der Waals surface area (Å²) in [5.41, 5.74) is 1.13. The third kappa shape index (κ3) is 4.13. The zero-order chi connectivity index (χ0) is 20.4. The van der Waals surface area contributed by atoms with E-state index in [1.165, 1.54) is 0 Å². The maximum absolute atomic E-state index is 12.7. The molecule has 1 aromatic heterocycles. The van der Waals surface area contributed by atoms with Crippen molar-refractivity contribution in [2.75, 3.05) is 37.6 Å². The Labute approximate surface area is 169 Å². The number of aliphatic carboxylic acids is 1. The third-order valence-corrected chi connectivity index (χ3v) is 6.20. The molecule has 1 unspecified atom stereocenters. The Morgan fingerprint density at radius 3 is 2.31 bits per heavy atom. The van der Waals surface area contributed by atoms with Crippen molar-refractivity contribution in [3.05, 3.63) is 24.5 Å². The summed E-state index contributed by atoms with van der Waals surface area (Å²) in [6, 6.07) is 4.02. The minimum atomic E-state index is -0.811. The highest BCUT2D eigenvalue weighted by atomic mass is 16.6. The van der Waals surface area contributed by atoms with Crippen molar-refractivity contribution in [1.82, 2.24) is 14.8 Å². The lowest BCUT2D eigenvalue weighted by atomic mass is 9.97. The number of carboxylic acids is 1. The van der Waals surface area contributed by atoms with Gasteiger partial charge in [-0.2, -0.15) is 0 Å². The van der Waals surface area contributed by atoms with Crippen LogP contribution in [-0.4, -0.2) is 82.7 Å². The van der Waals surface area contributed by atoms with Gasteiger partial charge in [-0.15, -0.1) is 0 Å². The average molecular weight is 402 g/mol. The highest BCUT2D eigenvalue weighted by molar-refractivity contribution is 5.86. The van der Waals surface area contributed by atoms with Crippen molar-refractivity contribution in [2.45, 2.75) is 37.8 Å². The zero-order valence-corrected chi connectivity index (χ0v) is 16.3. The molecule has 0 radical (unpaired) electrons. The number of cyclic esters (lactones) is 1. The van der Waals surface area contributed by atoms with Crippen LogP contribution in [-0.2, 0) is 14.3 Å². The Morgan fingerprint density at radius 2 is 1.69 bits per heavy atom. The number of hydrogen-bond acceptors (Lipinski definition) is 6. The van der Waals surface area contributed by atoms with Gasteiger partial charge in [0.15, 0.2) is 6.10 Å². The van der Waals surface area contributed by atoms with E-state index < -0.39 is 24.1 Å². The van der Waals surface area contributed by atoms with Gasteiger partial charge in [0.05, 0.1) is 12.5 Å². The standard InChI is InChI=1S/C20H26N4O5/c25-18(23-9-3-14(4-10-23)19(26)27)17-13-24(20(28)29-17)16-5-11-22(12-6-16)15-1-7-21-8-2-15/h1-2,7-8,14,16-17H,3-6,9-13H2,(H,26,27). The lowest BCUT2D eigenvalue weighted by Gasteiger charge is -2.36. The van der Waals surface area contributed by atoms with Crippen LogP contribution < -0.4 is 4.90 Å². The molecule has 1 N–H and O–H groups in total. The maximum atomic E-state index is 12.7. The van der Waals surface area contributed by atoms with Crippen LogP contribution in [0.1, 0.15) is 25.7 Å². The molecule has 4 heterocycles. The van der Waals surface area contributed by atoms with Gasteiger partial charge in [-0.25, -0.2) is 4.79 Å². The fourth-order valence-corrected chi connectivity index (χ4v) is 4.45. The summed E-state index contributed by atoms with van der Waals surface area (Å²) in [6.45, 7) is 2.73. The normalized spacial score (nSPS) is 23.9. The molecule has 0 aromatic carbocycles. The quantitative estimate of drug-likeness (QED) is 0.807. The number of aromatic nitrogens is 1. The molecule has 3 aliphatic heterocycles. The molecule has 1 atom stereocenters. The third-order valence-electron chi connectivity index (χ3n) is 6.20. The van der Waals surface area contributed by atoms with E-state index in [1.54, 1.807) is 22.2 Å². The van der Waals surface area contributed by atoms with Crippen molar-refractivity contribution in [1.29, 1.82) is 0 Å². The van der Waals surface area contributed by atoms with E-state index in [9.17, 15) is 14.4 Å². The van der Waals surface area contributed by atoms with Crippen molar-refractivity contribution < 1.29 is 24.2 Å². The molecular weight excluding hydrogens is 376 g/mol. The van der Waals surface area contributed by atoms with Crippen LogP contribution in [0.2, 0.25) is 0 Å². The topological polar surface area (TPSA) is 103 Å². The Bertz CT molecular complexity index is 757. The molecule has 9 nitrogen and oxygen atoms in total. The minimum Gasteiger partial charge on any atom is -0.481 e. The highest BCUT2D eigenvalue weighted by Crippen LogP contribution is 2.27. The monoisotopic (exact) mass is 402 g/mol. The van der Waals surface area contributed by atoms with Crippen LogP contribution >= 0.6 is 0 Å². The molecule has 0 aliphatic carbocycles. The van der Waals surface area contributed by atoms with E-state index in [2.05, 4.69) is 9.88 Å². The SMILES string of the molecule is O=C(O)C1CCN(C(=O)C2CN(C3CCN(c4ccncc4)CC3)C(=O)O2)CC1. The predicted octanol–water partition coefficient (Wildman–Crippen LogP) is 1.19. The minimum absolute atomic E-state index is 0.0659. The molecule has 156 valence electrons. The van der Waals surface area contributed by atoms with Gasteiger partial charge in [0.2, 0.25) is 0 Å². The molecule has 0 bridgehead atoms. The van der Waals surface area contributed by atoms with Crippen molar-refractivity contribution >= 4 is 23.7 Å². The summed E-state index contributed by atoms with van der Waals surface area (Å²) >= 11 is 0. The first-order valence-corrected chi connectivity index (χ1v) is 10.2. The number of pyridine rings is 1. The van der Waals surface area contributed by atoms with E-state index in [1.807, 2.05) is 12.1 Å². The van der Waals surface area contributed by atoms with Crippen LogP contribution in [0.15, 0.2) is 24.5 Å². The number of anilines is 1. The summed E-state index contributed by atoms with van der Waals surface area (Å²) in [6.07, 6.45) is 4.86. The number of carbonyl (C=O) groups excluding carboxylic acids is 2. The largest absolute Gasteiger partial charge is 0.481 e. The second-order valence-corrected chi connectivity index (χ2v) is 7.89. The number of ether oxygens (including phenoxy) is 1. The average Bonchev–Trinajstić information content (AvgIpc) is 3.15. The molecule has 9 heteroatoms. The van der Waals surface area contributed by atoms with Gasteiger partial charge in [-0.05, 0) is 37.8 Å². The van der Waals surface area contributed by atoms with E-state index in [-0.39, 0.29) is 18.5 Å². The van der Waals surface area contributed by atoms with E-state index in [4.69, 9.17) is 9.84 Å².